The molecular formula is C14H18N2O2. The second-order valence-electron chi connectivity index (χ2n) is 5.06. The van der Waals surface area contributed by atoms with E-state index >= 15 is 0 Å². The predicted octanol–water partition coefficient (Wildman–Crippen LogP) is 1.53. The fourth-order valence-electron chi connectivity index (χ4n) is 2.78. The van der Waals surface area contributed by atoms with E-state index in [2.05, 4.69) is 16.4 Å². The van der Waals surface area contributed by atoms with Crippen LogP contribution in [0.5, 0.6) is 5.75 Å². The molecule has 0 bridgehead atoms. The molecule has 3 N–H and O–H groups in total. The molecule has 2 aromatic rings. The van der Waals surface area contributed by atoms with Crippen LogP contribution in [0.25, 0.3) is 10.9 Å². The fraction of sp³-hybridized carbons (Fsp3) is 0.429. The third-order valence-corrected chi connectivity index (χ3v) is 3.87. The largest absolute Gasteiger partial charge is 0.497 e. The molecule has 4 nitrogen and oxygen atoms in total. The van der Waals surface area contributed by atoms with Crippen LogP contribution in [0.4, 0.5) is 0 Å². The number of aliphatic hydroxyl groups is 1. The van der Waals surface area contributed by atoms with Gasteiger partial charge in [-0.3, -0.25) is 0 Å². The van der Waals surface area contributed by atoms with E-state index < -0.39 is 0 Å². The first kappa shape index (κ1) is 11.6. The van der Waals surface area contributed by atoms with Gasteiger partial charge in [0.2, 0.25) is 0 Å². The summed E-state index contributed by atoms with van der Waals surface area (Å²) < 4.78 is 5.25. The minimum absolute atomic E-state index is 0.0873. The molecular weight excluding hydrogens is 228 g/mol. The molecule has 0 saturated heterocycles. The van der Waals surface area contributed by atoms with Crippen molar-refractivity contribution in [2.24, 2.45) is 0 Å². The van der Waals surface area contributed by atoms with E-state index in [0.717, 1.165) is 29.9 Å². The highest BCUT2D eigenvalue weighted by molar-refractivity contribution is 5.86. The van der Waals surface area contributed by atoms with Gasteiger partial charge in [-0.2, -0.15) is 0 Å². The molecule has 1 aromatic carbocycles. The van der Waals surface area contributed by atoms with Gasteiger partial charge in [-0.1, -0.05) is 0 Å². The molecule has 1 aliphatic rings. The number of benzene rings is 1. The van der Waals surface area contributed by atoms with Crippen LogP contribution >= 0.6 is 0 Å². The van der Waals surface area contributed by atoms with Crippen molar-refractivity contribution in [1.29, 1.82) is 0 Å². The summed E-state index contributed by atoms with van der Waals surface area (Å²) in [6.07, 6.45) is 0.983. The molecule has 0 saturated carbocycles. The summed E-state index contributed by atoms with van der Waals surface area (Å²) in [6.45, 7) is 3.00. The summed E-state index contributed by atoms with van der Waals surface area (Å²) in [4.78, 5) is 3.43. The van der Waals surface area contributed by atoms with Gasteiger partial charge in [0, 0.05) is 29.2 Å². The van der Waals surface area contributed by atoms with Gasteiger partial charge in [-0.15, -0.1) is 0 Å². The van der Waals surface area contributed by atoms with Gasteiger partial charge in [-0.05, 0) is 31.0 Å². The second-order valence-corrected chi connectivity index (χ2v) is 5.06. The normalized spacial score (nSPS) is 23.1. The summed E-state index contributed by atoms with van der Waals surface area (Å²) in [7, 11) is 1.67. The number of rotatable bonds is 2. The van der Waals surface area contributed by atoms with Crippen LogP contribution in [0.15, 0.2) is 18.2 Å². The molecule has 18 heavy (non-hydrogen) atoms. The van der Waals surface area contributed by atoms with E-state index in [1.54, 1.807) is 7.11 Å². The minimum atomic E-state index is -0.375. The third-order valence-electron chi connectivity index (χ3n) is 3.87. The number of aliphatic hydroxyl groups excluding tert-OH is 1. The SMILES string of the molecule is COc1ccc2c3c([nH]c2c1)C(C)(CO)NCC3. The number of aromatic amines is 1. The first-order chi connectivity index (χ1) is 8.68. The number of fused-ring (bicyclic) bond motifs is 3. The molecule has 1 atom stereocenters. The molecule has 1 aliphatic heterocycles. The van der Waals surface area contributed by atoms with Gasteiger partial charge in [0.25, 0.3) is 0 Å². The molecule has 0 radical (unpaired) electrons. The molecule has 1 aromatic heterocycles. The zero-order valence-corrected chi connectivity index (χ0v) is 10.7. The Kier molecular flexibility index (Phi) is 2.57. The second kappa shape index (κ2) is 4.00. The van der Waals surface area contributed by atoms with Gasteiger partial charge in [0.15, 0.2) is 0 Å². The summed E-state index contributed by atoms with van der Waals surface area (Å²) in [6, 6.07) is 6.08. The quantitative estimate of drug-likeness (QED) is 0.753. The van der Waals surface area contributed by atoms with Gasteiger partial charge in [0.05, 0.1) is 19.3 Å². The van der Waals surface area contributed by atoms with E-state index in [4.69, 9.17) is 4.74 Å². The highest BCUT2D eigenvalue weighted by Gasteiger charge is 2.33. The van der Waals surface area contributed by atoms with Gasteiger partial charge >= 0.3 is 0 Å². The highest BCUT2D eigenvalue weighted by Crippen LogP contribution is 2.34. The fourth-order valence-corrected chi connectivity index (χ4v) is 2.78. The van der Waals surface area contributed by atoms with E-state index in [-0.39, 0.29) is 12.1 Å². The first-order valence-electron chi connectivity index (χ1n) is 6.23. The predicted molar refractivity (Wildman–Crippen MR) is 71.0 cm³/mol. The summed E-state index contributed by atoms with van der Waals surface area (Å²) in [5, 5.41) is 14.2. The number of H-pyrrole nitrogens is 1. The van der Waals surface area contributed by atoms with Crippen molar-refractivity contribution in [3.05, 3.63) is 29.5 Å². The van der Waals surface area contributed by atoms with Crippen molar-refractivity contribution in [3.63, 3.8) is 0 Å². The third kappa shape index (κ3) is 1.53. The van der Waals surface area contributed by atoms with Gasteiger partial charge < -0.3 is 20.1 Å². The lowest BCUT2D eigenvalue weighted by molar-refractivity contribution is 0.166. The van der Waals surface area contributed by atoms with Crippen molar-refractivity contribution in [2.75, 3.05) is 20.3 Å². The lowest BCUT2D eigenvalue weighted by Crippen LogP contribution is -2.47. The molecule has 0 fully saturated rings. The van der Waals surface area contributed by atoms with Crippen LogP contribution in [-0.2, 0) is 12.0 Å². The zero-order chi connectivity index (χ0) is 12.8. The molecule has 0 spiro atoms. The van der Waals surface area contributed by atoms with Crippen molar-refractivity contribution in [2.45, 2.75) is 18.9 Å². The smallest absolute Gasteiger partial charge is 0.120 e. The van der Waals surface area contributed by atoms with Crippen LogP contribution in [0, 0.1) is 0 Å². The summed E-state index contributed by atoms with van der Waals surface area (Å²) in [5.74, 6) is 0.847. The van der Waals surface area contributed by atoms with E-state index in [9.17, 15) is 5.11 Å². The van der Waals surface area contributed by atoms with Crippen molar-refractivity contribution >= 4 is 10.9 Å². The standard InChI is InChI=1S/C14H18N2O2/c1-14(8-17)13-11(5-6-15-14)10-4-3-9(18-2)7-12(10)16-13/h3-4,7,15-17H,5-6,8H2,1-2H3. The van der Waals surface area contributed by atoms with Gasteiger partial charge in [0.1, 0.15) is 5.75 Å². The Morgan fingerprint density at radius 2 is 2.28 bits per heavy atom. The Bertz CT molecular complexity index is 591. The molecule has 0 amide bonds. The van der Waals surface area contributed by atoms with Gasteiger partial charge in [-0.25, -0.2) is 0 Å². The average molecular weight is 246 g/mol. The molecule has 0 aliphatic carbocycles. The lowest BCUT2D eigenvalue weighted by Gasteiger charge is -2.33. The van der Waals surface area contributed by atoms with Crippen LogP contribution < -0.4 is 10.1 Å². The maximum absolute atomic E-state index is 9.62. The number of hydrogen-bond acceptors (Lipinski definition) is 3. The van der Waals surface area contributed by atoms with Crippen molar-refractivity contribution < 1.29 is 9.84 Å². The van der Waals surface area contributed by atoms with Crippen LogP contribution in [0.2, 0.25) is 0 Å². The Morgan fingerprint density at radius 1 is 1.44 bits per heavy atom. The Morgan fingerprint density at radius 3 is 3.00 bits per heavy atom. The van der Waals surface area contributed by atoms with E-state index in [1.807, 2.05) is 19.1 Å². The summed E-state index contributed by atoms with van der Waals surface area (Å²) >= 11 is 0. The minimum Gasteiger partial charge on any atom is -0.497 e. The summed E-state index contributed by atoms with van der Waals surface area (Å²) in [5.41, 5.74) is 3.10. The average Bonchev–Trinajstić information content (AvgIpc) is 2.78. The Balaban J connectivity index is 2.23. The topological polar surface area (TPSA) is 57.3 Å². The maximum atomic E-state index is 9.62. The molecule has 2 heterocycles. The van der Waals surface area contributed by atoms with Crippen LogP contribution in [0.3, 0.4) is 0 Å². The van der Waals surface area contributed by atoms with E-state index in [1.165, 1.54) is 10.9 Å². The monoisotopic (exact) mass is 246 g/mol. The number of aromatic nitrogens is 1. The number of ether oxygens (including phenoxy) is 1. The molecule has 3 rings (SSSR count). The number of hydrogen-bond donors (Lipinski definition) is 3. The van der Waals surface area contributed by atoms with E-state index in [0.29, 0.717) is 0 Å². The Hall–Kier alpha value is -1.52. The molecule has 96 valence electrons. The maximum Gasteiger partial charge on any atom is 0.120 e. The van der Waals surface area contributed by atoms with Crippen LogP contribution in [0.1, 0.15) is 18.2 Å². The molecule has 1 unspecified atom stereocenters. The molecule has 4 heteroatoms. The van der Waals surface area contributed by atoms with Crippen LogP contribution in [-0.4, -0.2) is 30.4 Å². The van der Waals surface area contributed by atoms with Crippen molar-refractivity contribution in [1.82, 2.24) is 10.3 Å². The Labute approximate surface area is 106 Å². The number of nitrogens with one attached hydrogen (secondary N) is 2. The van der Waals surface area contributed by atoms with Crippen molar-refractivity contribution in [3.8, 4) is 5.75 Å². The zero-order valence-electron chi connectivity index (χ0n) is 10.7. The lowest BCUT2D eigenvalue weighted by atomic mass is 9.89. The number of methoxy groups -OCH3 is 1. The highest BCUT2D eigenvalue weighted by atomic mass is 16.5. The first-order valence-corrected chi connectivity index (χ1v) is 6.23.